The number of hydrogen-bond acceptors (Lipinski definition) is 3. The standard InChI is InChI=1S/C10H20N2OS/c1-6(7(11)13)12-8-9(2,3)14-10(8,4)5/h6,8,12H,1-5H3,(H2,11,13)/t6-/m1/s1. The Morgan fingerprint density at radius 1 is 1.36 bits per heavy atom. The highest BCUT2D eigenvalue weighted by Gasteiger charge is 2.54. The molecule has 1 saturated heterocycles. The third-order valence-corrected chi connectivity index (χ3v) is 4.28. The highest BCUT2D eigenvalue weighted by atomic mass is 32.2. The molecule has 1 aliphatic heterocycles. The first-order valence-corrected chi connectivity index (χ1v) is 5.74. The number of nitrogens with two attached hydrogens (primary N) is 1. The molecule has 1 atom stereocenters. The van der Waals surface area contributed by atoms with Crippen molar-refractivity contribution < 1.29 is 4.79 Å². The Kier molecular flexibility index (Phi) is 2.89. The zero-order valence-corrected chi connectivity index (χ0v) is 10.4. The first-order chi connectivity index (χ1) is 6.17. The molecule has 1 amide bonds. The molecule has 1 heterocycles. The quantitative estimate of drug-likeness (QED) is 0.743. The van der Waals surface area contributed by atoms with Crippen LogP contribution in [-0.2, 0) is 4.79 Å². The van der Waals surface area contributed by atoms with E-state index in [0.29, 0.717) is 6.04 Å². The molecule has 0 saturated carbocycles. The van der Waals surface area contributed by atoms with E-state index in [1.54, 1.807) is 0 Å². The van der Waals surface area contributed by atoms with Crippen LogP contribution in [0.5, 0.6) is 0 Å². The normalized spacial score (nSPS) is 26.6. The Balaban J connectivity index is 2.63. The molecule has 0 aromatic rings. The summed E-state index contributed by atoms with van der Waals surface area (Å²) >= 11 is 1.94. The monoisotopic (exact) mass is 216 g/mol. The van der Waals surface area contributed by atoms with Crippen LogP contribution in [0.4, 0.5) is 0 Å². The summed E-state index contributed by atoms with van der Waals surface area (Å²) in [5.74, 6) is -0.284. The Bertz CT molecular complexity index is 237. The van der Waals surface area contributed by atoms with E-state index in [1.165, 1.54) is 0 Å². The number of hydrogen-bond donors (Lipinski definition) is 2. The molecule has 0 bridgehead atoms. The van der Waals surface area contributed by atoms with Gasteiger partial charge in [-0.1, -0.05) is 0 Å². The zero-order chi connectivity index (χ0) is 11.1. The summed E-state index contributed by atoms with van der Waals surface area (Å²) in [6.45, 7) is 10.6. The highest BCUT2D eigenvalue weighted by molar-refractivity contribution is 8.03. The van der Waals surface area contributed by atoms with Gasteiger partial charge < -0.3 is 11.1 Å². The van der Waals surface area contributed by atoms with Gasteiger partial charge in [0.2, 0.25) is 5.91 Å². The summed E-state index contributed by atoms with van der Waals surface area (Å²) in [5.41, 5.74) is 5.23. The highest BCUT2D eigenvalue weighted by Crippen LogP contribution is 2.54. The van der Waals surface area contributed by atoms with Crippen LogP contribution in [0.3, 0.4) is 0 Å². The molecule has 14 heavy (non-hydrogen) atoms. The summed E-state index contributed by atoms with van der Waals surface area (Å²) in [6.07, 6.45) is 0. The van der Waals surface area contributed by atoms with Gasteiger partial charge in [0, 0.05) is 15.5 Å². The van der Waals surface area contributed by atoms with Crippen LogP contribution in [0.15, 0.2) is 0 Å². The number of carbonyl (C=O) groups is 1. The van der Waals surface area contributed by atoms with Gasteiger partial charge >= 0.3 is 0 Å². The Morgan fingerprint density at radius 3 is 2.07 bits per heavy atom. The second-order valence-electron chi connectivity index (χ2n) is 5.03. The molecule has 1 aliphatic rings. The molecule has 0 aliphatic carbocycles. The minimum Gasteiger partial charge on any atom is -0.368 e. The lowest BCUT2D eigenvalue weighted by Crippen LogP contribution is -2.68. The van der Waals surface area contributed by atoms with Gasteiger partial charge in [0.1, 0.15) is 0 Å². The van der Waals surface area contributed by atoms with E-state index in [9.17, 15) is 4.79 Å². The molecular weight excluding hydrogens is 196 g/mol. The van der Waals surface area contributed by atoms with Crippen molar-refractivity contribution in [2.45, 2.75) is 56.2 Å². The Labute approximate surface area is 90.2 Å². The maximum Gasteiger partial charge on any atom is 0.234 e. The van der Waals surface area contributed by atoms with Crippen molar-refractivity contribution in [3.63, 3.8) is 0 Å². The van der Waals surface area contributed by atoms with Crippen molar-refractivity contribution in [3.05, 3.63) is 0 Å². The number of thioether (sulfide) groups is 1. The summed E-state index contributed by atoms with van der Waals surface area (Å²) in [5, 5.41) is 3.30. The predicted molar refractivity (Wildman–Crippen MR) is 61.3 cm³/mol. The van der Waals surface area contributed by atoms with Gasteiger partial charge in [0.05, 0.1) is 6.04 Å². The lowest BCUT2D eigenvalue weighted by atomic mass is 9.88. The first kappa shape index (κ1) is 11.9. The van der Waals surface area contributed by atoms with Crippen molar-refractivity contribution in [1.82, 2.24) is 5.32 Å². The molecule has 3 N–H and O–H groups in total. The number of carbonyl (C=O) groups excluding carboxylic acids is 1. The van der Waals surface area contributed by atoms with Gasteiger partial charge in [-0.05, 0) is 34.6 Å². The topological polar surface area (TPSA) is 55.1 Å². The van der Waals surface area contributed by atoms with Crippen LogP contribution in [0.2, 0.25) is 0 Å². The second-order valence-corrected chi connectivity index (χ2v) is 7.34. The molecule has 0 aromatic carbocycles. The fourth-order valence-corrected chi connectivity index (χ4v) is 4.44. The molecule has 1 fully saturated rings. The lowest BCUT2D eigenvalue weighted by Gasteiger charge is -2.57. The maximum absolute atomic E-state index is 10.9. The van der Waals surface area contributed by atoms with E-state index < -0.39 is 0 Å². The van der Waals surface area contributed by atoms with Crippen LogP contribution < -0.4 is 11.1 Å². The fourth-order valence-electron chi connectivity index (χ4n) is 2.31. The second kappa shape index (κ2) is 3.42. The number of amides is 1. The molecule has 0 spiro atoms. The predicted octanol–water partition coefficient (Wildman–Crippen LogP) is 1.12. The number of rotatable bonds is 3. The Hall–Kier alpha value is -0.220. The lowest BCUT2D eigenvalue weighted by molar-refractivity contribution is -0.119. The van der Waals surface area contributed by atoms with Gasteiger partial charge in [-0.2, -0.15) is 0 Å². The average molecular weight is 216 g/mol. The van der Waals surface area contributed by atoms with E-state index in [4.69, 9.17) is 5.73 Å². The van der Waals surface area contributed by atoms with Gasteiger partial charge in [0.15, 0.2) is 0 Å². The number of primary amides is 1. The molecule has 4 heteroatoms. The smallest absolute Gasteiger partial charge is 0.234 e. The van der Waals surface area contributed by atoms with E-state index in [2.05, 4.69) is 33.0 Å². The maximum atomic E-state index is 10.9. The number of nitrogens with one attached hydrogen (secondary N) is 1. The van der Waals surface area contributed by atoms with Crippen LogP contribution in [0, 0.1) is 0 Å². The summed E-state index contributed by atoms with van der Waals surface area (Å²) in [6, 6.07) is 0.0851. The van der Waals surface area contributed by atoms with Gasteiger partial charge in [-0.25, -0.2) is 0 Å². The molecule has 0 unspecified atom stereocenters. The largest absolute Gasteiger partial charge is 0.368 e. The van der Waals surface area contributed by atoms with E-state index in [-0.39, 0.29) is 21.4 Å². The summed E-state index contributed by atoms with van der Waals surface area (Å²) < 4.78 is 0.375. The van der Waals surface area contributed by atoms with E-state index in [1.807, 2.05) is 18.7 Å². The van der Waals surface area contributed by atoms with Gasteiger partial charge in [0.25, 0.3) is 0 Å². The zero-order valence-electron chi connectivity index (χ0n) is 9.55. The summed E-state index contributed by atoms with van der Waals surface area (Å²) in [7, 11) is 0. The van der Waals surface area contributed by atoms with Crippen molar-refractivity contribution >= 4 is 17.7 Å². The third-order valence-electron chi connectivity index (χ3n) is 2.76. The molecule has 1 rings (SSSR count). The van der Waals surface area contributed by atoms with E-state index in [0.717, 1.165) is 0 Å². The van der Waals surface area contributed by atoms with Crippen LogP contribution in [0.25, 0.3) is 0 Å². The molecule has 82 valence electrons. The molecule has 0 radical (unpaired) electrons. The van der Waals surface area contributed by atoms with Gasteiger partial charge in [-0.3, -0.25) is 4.79 Å². The van der Waals surface area contributed by atoms with E-state index >= 15 is 0 Å². The van der Waals surface area contributed by atoms with Crippen LogP contribution >= 0.6 is 11.8 Å². The van der Waals surface area contributed by atoms with Crippen molar-refractivity contribution in [2.24, 2.45) is 5.73 Å². The van der Waals surface area contributed by atoms with Crippen molar-refractivity contribution in [1.29, 1.82) is 0 Å². The third kappa shape index (κ3) is 2.06. The molecule has 0 aromatic heterocycles. The minimum atomic E-state index is -0.284. The van der Waals surface area contributed by atoms with Gasteiger partial charge in [-0.15, -0.1) is 11.8 Å². The Morgan fingerprint density at radius 2 is 1.79 bits per heavy atom. The SMILES string of the molecule is C[C@@H](NC1C(C)(C)SC1(C)C)C(N)=O. The molecule has 3 nitrogen and oxygen atoms in total. The van der Waals surface area contributed by atoms with Crippen molar-refractivity contribution in [2.75, 3.05) is 0 Å². The van der Waals surface area contributed by atoms with Crippen molar-refractivity contribution in [3.8, 4) is 0 Å². The van der Waals surface area contributed by atoms with Crippen LogP contribution in [-0.4, -0.2) is 27.5 Å². The first-order valence-electron chi connectivity index (χ1n) is 4.92. The molecular formula is C10H20N2OS. The summed E-state index contributed by atoms with van der Waals surface area (Å²) in [4.78, 5) is 10.9. The van der Waals surface area contributed by atoms with Crippen LogP contribution in [0.1, 0.15) is 34.6 Å². The average Bonchev–Trinajstić information content (AvgIpc) is 1.96. The fraction of sp³-hybridized carbons (Fsp3) is 0.900. The minimum absolute atomic E-state index is 0.188.